The lowest BCUT2D eigenvalue weighted by molar-refractivity contribution is -0.216. The number of aromatic hydroxyl groups is 1. The van der Waals surface area contributed by atoms with Crippen LogP contribution in [0.4, 0.5) is 0 Å². The Morgan fingerprint density at radius 1 is 0.889 bits per heavy atom. The molecule has 5 aliphatic rings. The monoisotopic (exact) mass is 618 g/mol. The molecular formula is C39H54O6. The van der Waals surface area contributed by atoms with E-state index in [4.69, 9.17) is 4.74 Å². The maximum absolute atomic E-state index is 13.0. The minimum atomic E-state index is -0.872. The van der Waals surface area contributed by atoms with Gasteiger partial charge in [0.1, 0.15) is 11.9 Å². The number of rotatable bonds is 4. The molecule has 0 aliphatic heterocycles. The molecule has 45 heavy (non-hydrogen) atoms. The fraction of sp³-hybridized carbons (Fsp3) is 0.692. The molecule has 4 saturated carbocycles. The fourth-order valence-corrected chi connectivity index (χ4v) is 11.9. The van der Waals surface area contributed by atoms with Gasteiger partial charge < -0.3 is 20.1 Å². The molecule has 6 rings (SSSR count). The number of aliphatic hydroxyl groups is 1. The van der Waals surface area contributed by atoms with Gasteiger partial charge in [-0.1, -0.05) is 65.3 Å². The maximum atomic E-state index is 13.0. The fourth-order valence-electron chi connectivity index (χ4n) is 11.9. The average molecular weight is 619 g/mol. The molecule has 6 nitrogen and oxygen atoms in total. The van der Waals surface area contributed by atoms with E-state index in [0.717, 1.165) is 44.1 Å². The Morgan fingerprint density at radius 2 is 1.56 bits per heavy atom. The van der Waals surface area contributed by atoms with Gasteiger partial charge in [-0.05, 0) is 122 Å². The Hall–Kier alpha value is -2.60. The number of ether oxygens (including phenoxy) is 1. The Balaban J connectivity index is 1.28. The number of hydrogen-bond acceptors (Lipinski definition) is 5. The van der Waals surface area contributed by atoms with Crippen LogP contribution in [-0.2, 0) is 14.3 Å². The number of benzene rings is 1. The first kappa shape index (κ1) is 32.3. The first-order valence-electron chi connectivity index (χ1n) is 17.3. The molecule has 0 aromatic heterocycles. The van der Waals surface area contributed by atoms with Crippen LogP contribution in [0, 0.1) is 50.7 Å². The zero-order valence-corrected chi connectivity index (χ0v) is 28.4. The van der Waals surface area contributed by atoms with Crippen molar-refractivity contribution in [3.63, 3.8) is 0 Å². The summed E-state index contributed by atoms with van der Waals surface area (Å²) in [5.41, 5.74) is 0.247. The molecule has 0 heterocycles. The highest BCUT2D eigenvalue weighted by molar-refractivity contribution is 5.87. The zero-order valence-electron chi connectivity index (χ0n) is 28.4. The smallest absolute Gasteiger partial charge is 0.331 e. The third kappa shape index (κ3) is 4.58. The van der Waals surface area contributed by atoms with Crippen LogP contribution in [0.1, 0.15) is 112 Å². The third-order valence-electron chi connectivity index (χ3n) is 15.0. The number of aliphatic carboxylic acids is 1. The highest BCUT2D eigenvalue weighted by Crippen LogP contribution is 2.76. The van der Waals surface area contributed by atoms with Gasteiger partial charge in [0.25, 0.3) is 0 Å². The number of esters is 1. The summed E-state index contributed by atoms with van der Waals surface area (Å²) in [4.78, 5) is 26.0. The van der Waals surface area contributed by atoms with E-state index >= 15 is 0 Å². The number of fused-ring (bicyclic) bond motifs is 7. The van der Waals surface area contributed by atoms with E-state index in [1.165, 1.54) is 11.6 Å². The average Bonchev–Trinajstić information content (AvgIpc) is 2.96. The van der Waals surface area contributed by atoms with E-state index in [0.29, 0.717) is 31.1 Å². The van der Waals surface area contributed by atoms with Gasteiger partial charge in [0.2, 0.25) is 0 Å². The number of hydrogen-bond donors (Lipinski definition) is 3. The minimum Gasteiger partial charge on any atom is -0.508 e. The van der Waals surface area contributed by atoms with Crippen molar-refractivity contribution in [2.45, 2.75) is 118 Å². The molecule has 10 atom stereocenters. The summed E-state index contributed by atoms with van der Waals surface area (Å²) in [6.07, 6.45) is 13.0. The van der Waals surface area contributed by atoms with Crippen molar-refractivity contribution in [2.75, 3.05) is 0 Å². The lowest BCUT2D eigenvalue weighted by Crippen LogP contribution is -2.66. The predicted octanol–water partition coefficient (Wildman–Crippen LogP) is 8.17. The van der Waals surface area contributed by atoms with Crippen molar-refractivity contribution in [3.05, 3.63) is 47.6 Å². The summed E-state index contributed by atoms with van der Waals surface area (Å²) in [6, 6.07) is 6.74. The van der Waals surface area contributed by atoms with Gasteiger partial charge in [0.05, 0.1) is 11.0 Å². The number of phenols is 1. The lowest BCUT2D eigenvalue weighted by atomic mass is 9.33. The Morgan fingerprint density at radius 3 is 2.22 bits per heavy atom. The summed E-state index contributed by atoms with van der Waals surface area (Å²) < 4.78 is 6.17. The van der Waals surface area contributed by atoms with Crippen molar-refractivity contribution in [1.82, 2.24) is 0 Å². The van der Waals surface area contributed by atoms with Crippen LogP contribution < -0.4 is 0 Å². The molecule has 1 aromatic carbocycles. The van der Waals surface area contributed by atoms with Crippen LogP contribution in [0.5, 0.6) is 5.75 Å². The number of carbonyl (C=O) groups excluding carboxylic acids is 1. The molecule has 1 aromatic rings. The van der Waals surface area contributed by atoms with Gasteiger partial charge in [0.15, 0.2) is 0 Å². The van der Waals surface area contributed by atoms with Crippen molar-refractivity contribution >= 4 is 18.0 Å². The molecule has 6 heteroatoms. The van der Waals surface area contributed by atoms with Gasteiger partial charge >= 0.3 is 11.9 Å². The Labute approximate surface area is 269 Å². The standard InChI is InChI=1S/C39H54O6/c1-24-32-27-13-14-29-35(4)18-17-30(45-31(41)15-10-25-8-11-26(40)12-9-25)34(2,3)28(35)16-19-37(29,6)36(27,5)20-22-39(32,33(42)43)23-21-38(24,7)44/h8-13,15,24,28-30,32,40,44H,14,16-23H2,1-7H3,(H,42,43)/b15-10-/t24-,28?,29?,30+,32+,35+,36-,37-,38+,39-/m1/s1. The summed E-state index contributed by atoms with van der Waals surface area (Å²) in [7, 11) is 0. The van der Waals surface area contributed by atoms with E-state index < -0.39 is 17.0 Å². The summed E-state index contributed by atoms with van der Waals surface area (Å²) in [6.45, 7) is 16.0. The number of carbonyl (C=O) groups is 2. The molecule has 246 valence electrons. The molecule has 0 saturated heterocycles. The zero-order chi connectivity index (χ0) is 32.8. The second kappa shape index (κ2) is 10.5. The quantitative estimate of drug-likeness (QED) is 0.179. The number of allylic oxidation sites excluding steroid dienone is 2. The van der Waals surface area contributed by atoms with Crippen LogP contribution in [0.15, 0.2) is 42.0 Å². The first-order valence-corrected chi connectivity index (χ1v) is 17.3. The maximum Gasteiger partial charge on any atom is 0.331 e. The number of phenolic OH excluding ortho intramolecular Hbond substituents is 1. The van der Waals surface area contributed by atoms with Crippen molar-refractivity contribution in [1.29, 1.82) is 0 Å². The first-order chi connectivity index (χ1) is 20.9. The Kier molecular flexibility index (Phi) is 7.51. The normalized spacial score (nSPS) is 45.3. The molecule has 5 aliphatic carbocycles. The molecule has 0 amide bonds. The molecule has 3 N–H and O–H groups in total. The van der Waals surface area contributed by atoms with E-state index in [2.05, 4.69) is 47.6 Å². The Bertz CT molecular complexity index is 1420. The van der Waals surface area contributed by atoms with Gasteiger partial charge in [0, 0.05) is 17.4 Å². The summed E-state index contributed by atoms with van der Waals surface area (Å²) >= 11 is 0. The lowest BCUT2D eigenvalue weighted by Gasteiger charge is -2.71. The molecule has 0 bridgehead atoms. The topological polar surface area (TPSA) is 104 Å². The van der Waals surface area contributed by atoms with Gasteiger partial charge in [-0.3, -0.25) is 4.79 Å². The molecule has 0 spiro atoms. The minimum absolute atomic E-state index is 0.0163. The largest absolute Gasteiger partial charge is 0.508 e. The van der Waals surface area contributed by atoms with Crippen LogP contribution >= 0.6 is 0 Å². The van der Waals surface area contributed by atoms with Gasteiger partial charge in [-0.25, -0.2) is 4.79 Å². The predicted molar refractivity (Wildman–Crippen MR) is 175 cm³/mol. The van der Waals surface area contributed by atoms with E-state index in [-0.39, 0.29) is 51.3 Å². The molecular weight excluding hydrogens is 564 g/mol. The molecule has 4 fully saturated rings. The highest BCUT2D eigenvalue weighted by atomic mass is 16.5. The van der Waals surface area contributed by atoms with Crippen LogP contribution in [0.25, 0.3) is 6.08 Å². The van der Waals surface area contributed by atoms with E-state index in [9.17, 15) is 24.9 Å². The molecule has 2 unspecified atom stereocenters. The third-order valence-corrected chi connectivity index (χ3v) is 15.0. The second-order valence-corrected chi connectivity index (χ2v) is 17.1. The van der Waals surface area contributed by atoms with Crippen LogP contribution in [0.2, 0.25) is 0 Å². The molecule has 0 radical (unpaired) electrons. The SMILES string of the molecule is C[C@@H]1[C@H]2C3=CCC4[C@@]5(C)CC[C@H](OC(=O)/C=C\c6ccc(O)cc6)C(C)(C)C5CC[C@@]4(C)[C@]3(C)CC[C@@]2(C(=O)O)CC[C@]1(C)O. The number of carboxylic acid groups (broad SMARTS) is 1. The van der Waals surface area contributed by atoms with Gasteiger partial charge in [-0.2, -0.15) is 0 Å². The highest BCUT2D eigenvalue weighted by Gasteiger charge is 2.70. The van der Waals surface area contributed by atoms with Crippen LogP contribution in [0.3, 0.4) is 0 Å². The van der Waals surface area contributed by atoms with E-state index in [1.807, 2.05) is 6.92 Å². The van der Waals surface area contributed by atoms with E-state index in [1.54, 1.807) is 30.3 Å². The van der Waals surface area contributed by atoms with Crippen molar-refractivity contribution < 1.29 is 29.6 Å². The summed E-state index contributed by atoms with van der Waals surface area (Å²) in [5.74, 6) is -0.255. The second-order valence-electron chi connectivity index (χ2n) is 17.1. The van der Waals surface area contributed by atoms with Crippen LogP contribution in [-0.4, -0.2) is 39.0 Å². The summed E-state index contributed by atoms with van der Waals surface area (Å²) in [5, 5.41) is 31.6. The van der Waals surface area contributed by atoms with Crippen molar-refractivity contribution in [3.8, 4) is 5.75 Å². The van der Waals surface area contributed by atoms with Crippen molar-refractivity contribution in [2.24, 2.45) is 50.7 Å². The van der Waals surface area contributed by atoms with Gasteiger partial charge in [-0.15, -0.1) is 0 Å². The number of carboxylic acids is 1.